The van der Waals surface area contributed by atoms with E-state index in [1.165, 1.54) is 11.3 Å². The predicted molar refractivity (Wildman–Crippen MR) is 82.6 cm³/mol. The molecule has 1 nitrogen and oxygen atoms in total. The fourth-order valence-electron chi connectivity index (χ4n) is 1.55. The molecule has 1 aromatic rings. The lowest BCUT2D eigenvalue weighted by atomic mass is 9.97. The molecule has 1 aromatic heterocycles. The van der Waals surface area contributed by atoms with Gasteiger partial charge in [-0.2, -0.15) is 0 Å². The van der Waals surface area contributed by atoms with Crippen LogP contribution in [0.4, 0.5) is 0 Å². The maximum absolute atomic E-state index is 6.19. The molecule has 18 heavy (non-hydrogen) atoms. The highest BCUT2D eigenvalue weighted by Gasteiger charge is 2.16. The molecule has 0 fully saturated rings. The van der Waals surface area contributed by atoms with E-state index >= 15 is 0 Å². The Labute approximate surface area is 124 Å². The van der Waals surface area contributed by atoms with Crippen molar-refractivity contribution in [2.24, 2.45) is 5.41 Å². The Kier molecular flexibility index (Phi) is 6.01. The zero-order chi connectivity index (χ0) is 13.8. The second kappa shape index (κ2) is 6.82. The molecule has 1 atom stereocenters. The highest BCUT2D eigenvalue weighted by Crippen LogP contribution is 2.36. The molecule has 0 aliphatic heterocycles. The summed E-state index contributed by atoms with van der Waals surface area (Å²) in [6.45, 7) is 9.28. The number of hydrogen-bond acceptors (Lipinski definition) is 2. The van der Waals surface area contributed by atoms with Crippen molar-refractivity contribution in [1.82, 2.24) is 5.32 Å². The predicted octanol–water partition coefficient (Wildman–Crippen LogP) is 5.15. The maximum Gasteiger partial charge on any atom is 0.0992 e. The minimum Gasteiger partial charge on any atom is -0.309 e. The van der Waals surface area contributed by atoms with Crippen molar-refractivity contribution in [2.45, 2.75) is 40.2 Å². The highest BCUT2D eigenvalue weighted by atomic mass is 35.5. The van der Waals surface area contributed by atoms with Crippen LogP contribution in [0.2, 0.25) is 8.67 Å². The Bertz CT molecular complexity index is 449. The molecule has 0 saturated carbocycles. The van der Waals surface area contributed by atoms with Gasteiger partial charge < -0.3 is 5.32 Å². The quantitative estimate of drug-likeness (QED) is 0.759. The van der Waals surface area contributed by atoms with Gasteiger partial charge >= 0.3 is 0 Å². The van der Waals surface area contributed by atoms with E-state index in [2.05, 4.69) is 44.9 Å². The lowest BCUT2D eigenvalue weighted by molar-refractivity contribution is 0.555. The van der Waals surface area contributed by atoms with Gasteiger partial charge in [0.1, 0.15) is 0 Å². The molecular weight excluding hydrogens is 285 g/mol. The van der Waals surface area contributed by atoms with Gasteiger partial charge in [-0.05, 0) is 33.4 Å². The topological polar surface area (TPSA) is 12.0 Å². The van der Waals surface area contributed by atoms with E-state index in [-0.39, 0.29) is 11.5 Å². The first-order valence-electron chi connectivity index (χ1n) is 6.01. The summed E-state index contributed by atoms with van der Waals surface area (Å²) in [5.74, 6) is 6.48. The second-order valence-corrected chi connectivity index (χ2v) is 7.43. The molecule has 1 heterocycles. The average Bonchev–Trinajstić information content (AvgIpc) is 2.55. The molecular formula is C14H19Cl2NS. The Morgan fingerprint density at radius 3 is 2.50 bits per heavy atom. The van der Waals surface area contributed by atoms with E-state index in [0.717, 1.165) is 27.2 Å². The van der Waals surface area contributed by atoms with Gasteiger partial charge in [0.25, 0.3) is 0 Å². The molecule has 0 radical (unpaired) electrons. The maximum atomic E-state index is 6.19. The zero-order valence-electron chi connectivity index (χ0n) is 11.2. The van der Waals surface area contributed by atoms with E-state index < -0.39 is 0 Å². The third-order valence-corrected chi connectivity index (χ3v) is 3.80. The second-order valence-electron chi connectivity index (χ2n) is 5.15. The van der Waals surface area contributed by atoms with E-state index in [9.17, 15) is 0 Å². The van der Waals surface area contributed by atoms with Gasteiger partial charge in [0.05, 0.1) is 8.67 Å². The molecule has 0 bridgehead atoms. The van der Waals surface area contributed by atoms with Gasteiger partial charge in [-0.15, -0.1) is 17.3 Å². The number of thiophene rings is 1. The van der Waals surface area contributed by atoms with Gasteiger partial charge in [0.15, 0.2) is 0 Å². The van der Waals surface area contributed by atoms with Crippen molar-refractivity contribution in [1.29, 1.82) is 0 Å². The summed E-state index contributed by atoms with van der Waals surface area (Å²) >= 11 is 13.6. The van der Waals surface area contributed by atoms with Crippen LogP contribution in [0.15, 0.2) is 6.07 Å². The summed E-state index contributed by atoms with van der Waals surface area (Å²) in [7, 11) is 0. The summed E-state index contributed by atoms with van der Waals surface area (Å²) in [4.78, 5) is 0. The molecule has 0 aliphatic carbocycles. The van der Waals surface area contributed by atoms with Crippen molar-refractivity contribution < 1.29 is 0 Å². The van der Waals surface area contributed by atoms with Crippen LogP contribution in [0.1, 0.15) is 45.7 Å². The van der Waals surface area contributed by atoms with Crippen LogP contribution in [0.5, 0.6) is 0 Å². The first-order chi connectivity index (χ1) is 8.33. The summed E-state index contributed by atoms with van der Waals surface area (Å²) < 4.78 is 1.48. The van der Waals surface area contributed by atoms with Crippen molar-refractivity contribution in [3.8, 4) is 11.8 Å². The van der Waals surface area contributed by atoms with Crippen molar-refractivity contribution in [2.75, 3.05) is 6.54 Å². The Morgan fingerprint density at radius 1 is 1.39 bits per heavy atom. The molecule has 0 spiro atoms. The third-order valence-electron chi connectivity index (χ3n) is 2.28. The fraction of sp³-hybridized carbons (Fsp3) is 0.571. The molecule has 1 rings (SSSR count). The minimum absolute atomic E-state index is 0.0346. The van der Waals surface area contributed by atoms with Crippen LogP contribution < -0.4 is 5.32 Å². The molecule has 1 N–H and O–H groups in total. The van der Waals surface area contributed by atoms with Crippen LogP contribution in [0, 0.1) is 17.3 Å². The Morgan fingerprint density at radius 2 is 2.06 bits per heavy atom. The fourth-order valence-corrected chi connectivity index (χ4v) is 3.13. The molecule has 0 aliphatic rings. The number of halogens is 2. The molecule has 0 amide bonds. The van der Waals surface area contributed by atoms with Gasteiger partial charge in [0, 0.05) is 23.4 Å². The van der Waals surface area contributed by atoms with Gasteiger partial charge in [-0.3, -0.25) is 0 Å². The van der Waals surface area contributed by atoms with Crippen LogP contribution in [-0.2, 0) is 0 Å². The van der Waals surface area contributed by atoms with Crippen molar-refractivity contribution in [3.63, 3.8) is 0 Å². The number of nitrogens with one attached hydrogen (secondary N) is 1. The summed E-state index contributed by atoms with van der Waals surface area (Å²) in [6.07, 6.45) is 0.748. The molecule has 0 aromatic carbocycles. The van der Waals surface area contributed by atoms with Crippen molar-refractivity contribution in [3.05, 3.63) is 20.3 Å². The largest absolute Gasteiger partial charge is 0.309 e. The van der Waals surface area contributed by atoms with Gasteiger partial charge in [-0.1, -0.05) is 36.0 Å². The van der Waals surface area contributed by atoms with Gasteiger partial charge in [0.2, 0.25) is 0 Å². The Hall–Kier alpha value is -0.200. The number of hydrogen-bond donors (Lipinski definition) is 1. The van der Waals surface area contributed by atoms with Crippen LogP contribution in [-0.4, -0.2) is 6.54 Å². The smallest absolute Gasteiger partial charge is 0.0992 e. The lowest BCUT2D eigenvalue weighted by Gasteiger charge is -2.15. The van der Waals surface area contributed by atoms with E-state index in [4.69, 9.17) is 23.2 Å². The van der Waals surface area contributed by atoms with Crippen molar-refractivity contribution >= 4 is 34.5 Å². The van der Waals surface area contributed by atoms with Crippen LogP contribution >= 0.6 is 34.5 Å². The summed E-state index contributed by atoms with van der Waals surface area (Å²) in [6, 6.07) is 2.08. The van der Waals surface area contributed by atoms with E-state index in [0.29, 0.717) is 0 Å². The molecule has 4 heteroatoms. The normalized spacial score (nSPS) is 13.0. The standard InChI is InChI=1S/C14H19Cl2NS/c1-5-17-11(7-6-8-14(2,3)4)10-9-12(15)18-13(10)16/h9,11,17H,5,7H2,1-4H3. The summed E-state index contributed by atoms with van der Waals surface area (Å²) in [5, 5.41) is 3.40. The van der Waals surface area contributed by atoms with E-state index in [1.807, 2.05) is 6.07 Å². The average molecular weight is 304 g/mol. The SMILES string of the molecule is CCNC(CC#CC(C)(C)C)c1cc(Cl)sc1Cl. The Balaban J connectivity index is 2.83. The van der Waals surface area contributed by atoms with Gasteiger partial charge in [-0.25, -0.2) is 0 Å². The first kappa shape index (κ1) is 15.9. The highest BCUT2D eigenvalue weighted by molar-refractivity contribution is 7.20. The summed E-state index contributed by atoms with van der Waals surface area (Å²) in [5.41, 5.74) is 1.09. The number of rotatable bonds is 4. The molecule has 0 saturated heterocycles. The van der Waals surface area contributed by atoms with Crippen LogP contribution in [0.25, 0.3) is 0 Å². The first-order valence-corrected chi connectivity index (χ1v) is 7.59. The molecule has 100 valence electrons. The zero-order valence-corrected chi connectivity index (χ0v) is 13.6. The minimum atomic E-state index is 0.0346. The molecule has 1 unspecified atom stereocenters. The third kappa shape index (κ3) is 5.20. The van der Waals surface area contributed by atoms with E-state index in [1.54, 1.807) is 0 Å². The monoisotopic (exact) mass is 303 g/mol. The van der Waals surface area contributed by atoms with Crippen LogP contribution in [0.3, 0.4) is 0 Å². The lowest BCUT2D eigenvalue weighted by Crippen LogP contribution is -2.20.